The van der Waals surface area contributed by atoms with Crippen molar-refractivity contribution < 1.29 is 33.7 Å². The van der Waals surface area contributed by atoms with Crippen LogP contribution in [0.1, 0.15) is 57.3 Å². The summed E-state index contributed by atoms with van der Waals surface area (Å²) in [7, 11) is 2.98. The summed E-state index contributed by atoms with van der Waals surface area (Å²) in [6.07, 6.45) is -1.22. The van der Waals surface area contributed by atoms with Crippen molar-refractivity contribution in [2.24, 2.45) is 11.3 Å². The van der Waals surface area contributed by atoms with Crippen LogP contribution in [0.15, 0.2) is 30.3 Å². The Balaban J connectivity index is 1.81. The molecular weight excluding hydrogens is 571 g/mol. The van der Waals surface area contributed by atoms with Crippen molar-refractivity contribution in [3.05, 3.63) is 51.5 Å². The zero-order valence-corrected chi connectivity index (χ0v) is 25.4. The highest BCUT2D eigenvalue weighted by Gasteiger charge is 2.41. The number of anilines is 1. The topological polar surface area (TPSA) is 106 Å². The predicted molar refractivity (Wildman–Crippen MR) is 156 cm³/mol. The highest BCUT2D eigenvalue weighted by Crippen LogP contribution is 2.47. The van der Waals surface area contributed by atoms with E-state index in [1.807, 2.05) is 20.8 Å². The van der Waals surface area contributed by atoms with E-state index in [2.05, 4.69) is 0 Å². The number of piperidine rings is 1. The quantitative estimate of drug-likeness (QED) is 0.438. The molecule has 2 amide bonds. The average molecular weight is 608 g/mol. The van der Waals surface area contributed by atoms with E-state index in [-0.39, 0.29) is 35.2 Å². The molecule has 1 saturated heterocycles. The van der Waals surface area contributed by atoms with Gasteiger partial charge in [-0.3, -0.25) is 14.4 Å². The normalized spacial score (nSPS) is 21.2. The van der Waals surface area contributed by atoms with Crippen molar-refractivity contribution in [1.29, 1.82) is 0 Å². The van der Waals surface area contributed by atoms with Crippen molar-refractivity contribution in [3.8, 4) is 11.5 Å². The van der Waals surface area contributed by atoms with Crippen LogP contribution in [0.3, 0.4) is 0 Å². The van der Waals surface area contributed by atoms with Crippen LogP contribution in [0.2, 0.25) is 10.0 Å². The Bertz CT molecular complexity index is 1330. The largest absolute Gasteiger partial charge is 0.493 e. The Hall–Kier alpha value is -3.01. The van der Waals surface area contributed by atoms with Gasteiger partial charge in [0, 0.05) is 41.5 Å². The van der Waals surface area contributed by atoms with Gasteiger partial charge in [-0.25, -0.2) is 0 Å². The monoisotopic (exact) mass is 606 g/mol. The summed E-state index contributed by atoms with van der Waals surface area (Å²) in [4.78, 5) is 42.4. The molecular formula is C30H36Cl2N2O7. The van der Waals surface area contributed by atoms with Gasteiger partial charge in [0.2, 0.25) is 5.91 Å². The summed E-state index contributed by atoms with van der Waals surface area (Å²) in [5.41, 5.74) is 1.44. The first kappa shape index (κ1) is 30.9. The van der Waals surface area contributed by atoms with Crippen LogP contribution in [0.25, 0.3) is 0 Å². The zero-order chi connectivity index (χ0) is 30.1. The molecule has 1 unspecified atom stereocenters. The molecule has 0 aliphatic carbocycles. The van der Waals surface area contributed by atoms with Gasteiger partial charge in [0.05, 0.1) is 31.6 Å². The van der Waals surface area contributed by atoms with Crippen molar-refractivity contribution in [2.75, 3.05) is 38.8 Å². The number of likely N-dealkylation sites (tertiary alicyclic amines) is 1. The minimum Gasteiger partial charge on any atom is -0.493 e. The van der Waals surface area contributed by atoms with E-state index < -0.39 is 24.1 Å². The lowest BCUT2D eigenvalue weighted by Gasteiger charge is -2.33. The van der Waals surface area contributed by atoms with Crippen LogP contribution in [-0.2, 0) is 19.1 Å². The molecule has 2 aliphatic heterocycles. The smallest absolute Gasteiger partial charge is 0.308 e. The predicted octanol–water partition coefficient (Wildman–Crippen LogP) is 5.59. The Morgan fingerprint density at radius 1 is 1.10 bits per heavy atom. The zero-order valence-electron chi connectivity index (χ0n) is 23.9. The summed E-state index contributed by atoms with van der Waals surface area (Å²) in [6.45, 7) is 6.93. The Kier molecular flexibility index (Phi) is 9.41. The number of methoxy groups -OCH3 is 2. The van der Waals surface area contributed by atoms with Gasteiger partial charge in [0.15, 0.2) is 11.5 Å². The molecule has 2 heterocycles. The van der Waals surface area contributed by atoms with Crippen LogP contribution >= 0.6 is 23.2 Å². The van der Waals surface area contributed by atoms with Crippen LogP contribution in [0.5, 0.6) is 11.5 Å². The number of benzene rings is 2. The summed E-state index contributed by atoms with van der Waals surface area (Å²) in [6, 6.07) is 8.67. The minimum atomic E-state index is -1.17. The molecule has 222 valence electrons. The van der Waals surface area contributed by atoms with E-state index in [9.17, 15) is 19.5 Å². The number of amides is 2. The molecule has 2 aliphatic rings. The lowest BCUT2D eigenvalue weighted by Crippen LogP contribution is -2.47. The first-order chi connectivity index (χ1) is 19.3. The Morgan fingerprint density at radius 3 is 2.46 bits per heavy atom. The third kappa shape index (κ3) is 6.74. The summed E-state index contributed by atoms with van der Waals surface area (Å²) < 4.78 is 17.5. The van der Waals surface area contributed by atoms with E-state index >= 15 is 0 Å². The maximum absolute atomic E-state index is 14.2. The van der Waals surface area contributed by atoms with Gasteiger partial charge in [-0.05, 0) is 42.5 Å². The van der Waals surface area contributed by atoms with E-state index in [4.69, 9.17) is 37.4 Å². The summed E-state index contributed by atoms with van der Waals surface area (Å²) >= 11 is 13.3. The van der Waals surface area contributed by atoms with Crippen LogP contribution in [0.4, 0.5) is 5.69 Å². The third-order valence-corrected chi connectivity index (χ3v) is 7.94. The molecule has 0 radical (unpaired) electrons. The Morgan fingerprint density at radius 2 is 1.83 bits per heavy atom. The highest BCUT2D eigenvalue weighted by molar-refractivity contribution is 6.33. The molecule has 0 saturated carbocycles. The molecule has 0 aromatic heterocycles. The van der Waals surface area contributed by atoms with Crippen LogP contribution in [0, 0.1) is 11.3 Å². The number of carbonyl (C=O) groups excluding carboxylic acids is 2. The fraction of sp³-hybridized carbons (Fsp3) is 0.500. The van der Waals surface area contributed by atoms with Gasteiger partial charge in [-0.15, -0.1) is 0 Å². The molecule has 4 rings (SSSR count). The number of nitrogens with zero attached hydrogens (tertiary/aromatic N) is 2. The van der Waals surface area contributed by atoms with Gasteiger partial charge < -0.3 is 29.1 Å². The third-order valence-electron chi connectivity index (χ3n) is 7.32. The molecule has 1 N–H and O–H groups in total. The van der Waals surface area contributed by atoms with Gasteiger partial charge in [0.25, 0.3) is 5.91 Å². The second kappa shape index (κ2) is 12.5. The number of aliphatic carboxylic acids is 1. The molecule has 41 heavy (non-hydrogen) atoms. The lowest BCUT2D eigenvalue weighted by atomic mass is 9.94. The van der Waals surface area contributed by atoms with Crippen molar-refractivity contribution in [3.63, 3.8) is 0 Å². The first-order valence-electron chi connectivity index (χ1n) is 13.5. The number of carbonyl (C=O) groups is 3. The van der Waals surface area contributed by atoms with E-state index in [1.54, 1.807) is 35.2 Å². The number of halogens is 2. The molecule has 0 bridgehead atoms. The van der Waals surface area contributed by atoms with Gasteiger partial charge >= 0.3 is 5.97 Å². The number of carboxylic acids is 1. The fourth-order valence-electron chi connectivity index (χ4n) is 5.38. The maximum Gasteiger partial charge on any atom is 0.308 e. The number of fused-ring (bicyclic) bond motifs is 1. The molecule has 2 aromatic carbocycles. The van der Waals surface area contributed by atoms with E-state index in [0.29, 0.717) is 59.3 Å². The average Bonchev–Trinajstić information content (AvgIpc) is 3.02. The van der Waals surface area contributed by atoms with Crippen LogP contribution < -0.4 is 14.4 Å². The number of hydrogen-bond acceptors (Lipinski definition) is 6. The minimum absolute atomic E-state index is 0.0988. The number of carboxylic acid groups (broad SMARTS) is 1. The van der Waals surface area contributed by atoms with Crippen molar-refractivity contribution in [2.45, 2.75) is 52.2 Å². The molecule has 3 atom stereocenters. The number of hydrogen-bond donors (Lipinski definition) is 1. The SMILES string of the molecule is COc1ccc([C@@H]2O[C@@H](CC(=O)N3CCCC(C(=O)O)C3)C(=O)N(CC(C)(C)C)c3ccc(Cl)cc32)c(Cl)c1OC. The summed E-state index contributed by atoms with van der Waals surface area (Å²) in [5.74, 6) is -1.55. The summed E-state index contributed by atoms with van der Waals surface area (Å²) in [5, 5.41) is 10.2. The number of rotatable bonds is 7. The van der Waals surface area contributed by atoms with Crippen molar-refractivity contribution in [1.82, 2.24) is 4.90 Å². The highest BCUT2D eigenvalue weighted by atomic mass is 35.5. The molecule has 2 aromatic rings. The maximum atomic E-state index is 14.2. The van der Waals surface area contributed by atoms with Gasteiger partial charge in [-0.1, -0.05) is 50.0 Å². The Labute approximate surface area is 250 Å². The van der Waals surface area contributed by atoms with Crippen molar-refractivity contribution >= 4 is 46.7 Å². The van der Waals surface area contributed by atoms with Crippen LogP contribution in [-0.4, -0.2) is 67.7 Å². The lowest BCUT2D eigenvalue weighted by molar-refractivity contribution is -0.148. The number of ether oxygens (including phenoxy) is 3. The second-order valence-corrected chi connectivity index (χ2v) is 12.4. The second-order valence-electron chi connectivity index (χ2n) is 11.6. The first-order valence-corrected chi connectivity index (χ1v) is 14.3. The standard InChI is InChI=1S/C30H36Cl2N2O7/c1-30(2,3)16-34-21-10-8-18(31)13-20(21)26(19-9-11-22(39-4)27(40-5)25(19)32)41-23(28(34)36)14-24(35)33-12-6-7-17(15-33)29(37)38/h8-11,13,17,23,26H,6-7,12,14-16H2,1-5H3,(H,37,38)/t17?,23-,26-/m0/s1. The molecule has 9 nitrogen and oxygen atoms in total. The van der Waals surface area contributed by atoms with Gasteiger partial charge in [0.1, 0.15) is 12.2 Å². The van der Waals surface area contributed by atoms with E-state index in [0.717, 1.165) is 0 Å². The molecule has 11 heteroatoms. The fourth-order valence-corrected chi connectivity index (χ4v) is 5.90. The van der Waals surface area contributed by atoms with Gasteiger partial charge in [-0.2, -0.15) is 0 Å². The molecule has 1 fully saturated rings. The molecule has 0 spiro atoms. The van der Waals surface area contributed by atoms with E-state index in [1.165, 1.54) is 19.1 Å².